The van der Waals surface area contributed by atoms with Crippen molar-refractivity contribution in [1.82, 2.24) is 0 Å². The molecule has 0 aromatic heterocycles. The Morgan fingerprint density at radius 1 is 0.828 bits per heavy atom. The molecule has 29 heavy (non-hydrogen) atoms. The Labute approximate surface area is 165 Å². The molecule has 1 amide bonds. The number of anilines is 1. The van der Waals surface area contributed by atoms with Crippen molar-refractivity contribution in [3.8, 4) is 11.5 Å². The van der Waals surface area contributed by atoms with Gasteiger partial charge in [0.05, 0.1) is 11.3 Å². The van der Waals surface area contributed by atoms with Crippen LogP contribution in [-0.2, 0) is 6.18 Å². The third-order valence-corrected chi connectivity index (χ3v) is 3.94. The van der Waals surface area contributed by atoms with E-state index in [1.54, 1.807) is 42.5 Å². The highest BCUT2D eigenvalue weighted by Gasteiger charge is 2.31. The fourth-order valence-corrected chi connectivity index (χ4v) is 2.54. The van der Waals surface area contributed by atoms with Gasteiger partial charge in [-0.25, -0.2) is 0 Å². The first-order valence-corrected chi connectivity index (χ1v) is 8.82. The first-order valence-electron chi connectivity index (χ1n) is 8.82. The second-order valence-electron chi connectivity index (χ2n) is 6.04. The Balaban J connectivity index is 1.72. The largest absolute Gasteiger partial charge is 0.490 e. The van der Waals surface area contributed by atoms with E-state index >= 15 is 0 Å². The summed E-state index contributed by atoms with van der Waals surface area (Å²) in [7, 11) is 0. The van der Waals surface area contributed by atoms with E-state index in [0.717, 1.165) is 12.1 Å². The summed E-state index contributed by atoms with van der Waals surface area (Å²) in [5.74, 6) is 0.246. The third kappa shape index (κ3) is 5.75. The summed E-state index contributed by atoms with van der Waals surface area (Å²) >= 11 is 0. The molecule has 150 valence electrons. The Morgan fingerprint density at radius 2 is 1.45 bits per heavy atom. The fourth-order valence-electron chi connectivity index (χ4n) is 2.54. The van der Waals surface area contributed by atoms with Crippen LogP contribution < -0.4 is 14.8 Å². The van der Waals surface area contributed by atoms with Gasteiger partial charge in [-0.2, -0.15) is 13.2 Å². The molecule has 0 aliphatic carbocycles. The van der Waals surface area contributed by atoms with E-state index in [2.05, 4.69) is 5.32 Å². The summed E-state index contributed by atoms with van der Waals surface area (Å²) in [5.41, 5.74) is -0.620. The maximum atomic E-state index is 13.1. The van der Waals surface area contributed by atoms with Crippen LogP contribution in [-0.4, -0.2) is 19.1 Å². The average Bonchev–Trinajstić information content (AvgIpc) is 2.72. The van der Waals surface area contributed by atoms with E-state index in [9.17, 15) is 18.0 Å². The van der Waals surface area contributed by atoms with Crippen LogP contribution in [0, 0.1) is 0 Å². The lowest BCUT2D eigenvalue weighted by Gasteiger charge is -2.16. The van der Waals surface area contributed by atoms with Gasteiger partial charge in [-0.1, -0.05) is 36.4 Å². The van der Waals surface area contributed by atoms with Crippen LogP contribution in [0.1, 0.15) is 15.9 Å². The first-order chi connectivity index (χ1) is 13.9. The smallest absolute Gasteiger partial charge is 0.416 e. The van der Waals surface area contributed by atoms with Gasteiger partial charge < -0.3 is 14.8 Å². The average molecular weight is 401 g/mol. The van der Waals surface area contributed by atoms with E-state index in [1.165, 1.54) is 6.07 Å². The van der Waals surface area contributed by atoms with Gasteiger partial charge in [-0.3, -0.25) is 4.79 Å². The van der Waals surface area contributed by atoms with E-state index in [-0.39, 0.29) is 24.7 Å². The van der Waals surface area contributed by atoms with Gasteiger partial charge in [0.25, 0.3) is 5.91 Å². The molecular weight excluding hydrogens is 383 g/mol. The molecule has 0 aliphatic heterocycles. The first kappa shape index (κ1) is 20.3. The summed E-state index contributed by atoms with van der Waals surface area (Å²) in [6.45, 7) is 0.283. The van der Waals surface area contributed by atoms with E-state index in [0.29, 0.717) is 11.3 Å². The molecule has 0 heterocycles. The van der Waals surface area contributed by atoms with E-state index in [1.807, 2.05) is 18.2 Å². The predicted molar refractivity (Wildman–Crippen MR) is 103 cm³/mol. The summed E-state index contributed by atoms with van der Waals surface area (Å²) in [5, 5.41) is 2.49. The summed E-state index contributed by atoms with van der Waals surface area (Å²) in [6, 6.07) is 20.2. The molecule has 0 saturated carbocycles. The molecule has 0 saturated heterocycles. The van der Waals surface area contributed by atoms with Crippen LogP contribution in [0.4, 0.5) is 18.9 Å². The number of hydrogen-bond acceptors (Lipinski definition) is 3. The number of alkyl halides is 3. The van der Waals surface area contributed by atoms with Gasteiger partial charge in [-0.15, -0.1) is 0 Å². The highest BCUT2D eigenvalue weighted by molar-refractivity contribution is 6.05. The highest BCUT2D eigenvalue weighted by atomic mass is 19.4. The van der Waals surface area contributed by atoms with Crippen molar-refractivity contribution in [1.29, 1.82) is 0 Å². The standard InChI is InChI=1S/C22H18F3NO3/c23-22(24,25)17-11-12-20(29-14-13-28-18-9-5-2-6-10-18)19(15-17)26-21(27)16-7-3-1-4-8-16/h1-12,15H,13-14H2,(H,26,27). The summed E-state index contributed by atoms with van der Waals surface area (Å²) in [4.78, 5) is 12.4. The lowest BCUT2D eigenvalue weighted by molar-refractivity contribution is -0.137. The van der Waals surface area contributed by atoms with Crippen molar-refractivity contribution >= 4 is 11.6 Å². The quantitative estimate of drug-likeness (QED) is 0.538. The molecule has 3 rings (SSSR count). The molecule has 3 aromatic rings. The molecule has 0 spiro atoms. The Hall–Kier alpha value is -3.48. The van der Waals surface area contributed by atoms with Gasteiger partial charge >= 0.3 is 6.18 Å². The topological polar surface area (TPSA) is 47.6 Å². The number of carbonyl (C=O) groups is 1. The molecule has 1 N–H and O–H groups in total. The van der Waals surface area contributed by atoms with Crippen molar-refractivity contribution in [3.05, 3.63) is 90.0 Å². The number of benzene rings is 3. The zero-order chi connectivity index (χ0) is 20.7. The van der Waals surface area contributed by atoms with Gasteiger partial charge in [0.2, 0.25) is 0 Å². The number of halogens is 3. The molecule has 0 radical (unpaired) electrons. The molecule has 0 atom stereocenters. The monoisotopic (exact) mass is 401 g/mol. The summed E-state index contributed by atoms with van der Waals surface area (Å²) < 4.78 is 50.3. The second-order valence-corrected chi connectivity index (χ2v) is 6.04. The number of rotatable bonds is 7. The molecule has 4 nitrogen and oxygen atoms in total. The number of amides is 1. The zero-order valence-electron chi connectivity index (χ0n) is 15.3. The van der Waals surface area contributed by atoms with Gasteiger partial charge in [0.1, 0.15) is 24.7 Å². The fraction of sp³-hybridized carbons (Fsp3) is 0.136. The summed E-state index contributed by atoms with van der Waals surface area (Å²) in [6.07, 6.45) is -4.54. The molecule has 0 fully saturated rings. The maximum absolute atomic E-state index is 13.1. The molecule has 0 aliphatic rings. The minimum Gasteiger partial charge on any atom is -0.490 e. The Kier molecular flexibility index (Phi) is 6.39. The maximum Gasteiger partial charge on any atom is 0.416 e. The van der Waals surface area contributed by atoms with Gasteiger partial charge in [0, 0.05) is 5.56 Å². The van der Waals surface area contributed by atoms with Crippen molar-refractivity contribution in [2.75, 3.05) is 18.5 Å². The van der Waals surface area contributed by atoms with Crippen molar-refractivity contribution < 1.29 is 27.4 Å². The lowest BCUT2D eigenvalue weighted by Crippen LogP contribution is -2.16. The van der Waals surface area contributed by atoms with E-state index < -0.39 is 17.6 Å². The third-order valence-electron chi connectivity index (χ3n) is 3.94. The van der Waals surface area contributed by atoms with Crippen molar-refractivity contribution in [2.24, 2.45) is 0 Å². The number of hydrogen-bond donors (Lipinski definition) is 1. The highest BCUT2D eigenvalue weighted by Crippen LogP contribution is 2.35. The minimum atomic E-state index is -4.54. The van der Waals surface area contributed by atoms with Crippen LogP contribution in [0.25, 0.3) is 0 Å². The van der Waals surface area contributed by atoms with Crippen LogP contribution >= 0.6 is 0 Å². The van der Waals surface area contributed by atoms with Crippen molar-refractivity contribution in [3.63, 3.8) is 0 Å². The Morgan fingerprint density at radius 3 is 2.10 bits per heavy atom. The number of ether oxygens (including phenoxy) is 2. The SMILES string of the molecule is O=C(Nc1cc(C(F)(F)F)ccc1OCCOc1ccccc1)c1ccccc1. The predicted octanol–water partition coefficient (Wildman–Crippen LogP) is 5.42. The molecule has 3 aromatic carbocycles. The number of nitrogens with one attached hydrogen (secondary N) is 1. The van der Waals surface area contributed by atoms with Crippen molar-refractivity contribution in [2.45, 2.75) is 6.18 Å². The molecular formula is C22H18F3NO3. The molecule has 0 unspecified atom stereocenters. The lowest BCUT2D eigenvalue weighted by atomic mass is 10.1. The Bertz CT molecular complexity index is 945. The zero-order valence-corrected chi connectivity index (χ0v) is 15.3. The van der Waals surface area contributed by atoms with Crippen LogP contribution in [0.5, 0.6) is 11.5 Å². The van der Waals surface area contributed by atoms with Crippen LogP contribution in [0.2, 0.25) is 0 Å². The number of carbonyl (C=O) groups excluding carboxylic acids is 1. The molecule has 0 bridgehead atoms. The second kappa shape index (κ2) is 9.14. The number of para-hydroxylation sites is 1. The molecule has 7 heteroatoms. The van der Waals surface area contributed by atoms with E-state index in [4.69, 9.17) is 9.47 Å². The minimum absolute atomic E-state index is 0.0617. The van der Waals surface area contributed by atoms with Gasteiger partial charge in [-0.05, 0) is 42.5 Å². The van der Waals surface area contributed by atoms with Gasteiger partial charge in [0.15, 0.2) is 0 Å². The normalized spacial score (nSPS) is 11.0. The van der Waals surface area contributed by atoms with Crippen LogP contribution in [0.15, 0.2) is 78.9 Å². The van der Waals surface area contributed by atoms with Crippen LogP contribution in [0.3, 0.4) is 0 Å².